The third-order valence-corrected chi connectivity index (χ3v) is 1.79. The van der Waals surface area contributed by atoms with Crippen LogP contribution in [0, 0.1) is 5.82 Å². The number of hydrogen-bond donors (Lipinski definition) is 1. The summed E-state index contributed by atoms with van der Waals surface area (Å²) >= 11 is 0. The lowest BCUT2D eigenvalue weighted by Crippen LogP contribution is -2.05. The van der Waals surface area contributed by atoms with Crippen molar-refractivity contribution in [3.05, 3.63) is 35.7 Å². The molecule has 1 N–H and O–H groups in total. The van der Waals surface area contributed by atoms with Crippen molar-refractivity contribution >= 4 is 12.0 Å². The fourth-order valence-corrected chi connectivity index (χ4v) is 1.16. The van der Waals surface area contributed by atoms with E-state index in [2.05, 4.69) is 6.58 Å². The standard InChI is InChI=1S/C10H9FO3/c1-3-6-7(11)4-5-8(14-2)9(6)10(12)13/h3-5H,1H2,2H3,(H,12,13). The van der Waals surface area contributed by atoms with Gasteiger partial charge in [0.25, 0.3) is 0 Å². The Balaban J connectivity index is 3.51. The second-order valence-electron chi connectivity index (χ2n) is 2.55. The number of carboxylic acid groups (broad SMARTS) is 1. The quantitative estimate of drug-likeness (QED) is 0.805. The van der Waals surface area contributed by atoms with Crippen molar-refractivity contribution in [2.45, 2.75) is 0 Å². The Morgan fingerprint density at radius 2 is 2.29 bits per heavy atom. The van der Waals surface area contributed by atoms with E-state index in [0.717, 1.165) is 12.1 Å². The first-order valence-corrected chi connectivity index (χ1v) is 3.84. The van der Waals surface area contributed by atoms with Crippen LogP contribution in [0.1, 0.15) is 15.9 Å². The first-order chi connectivity index (χ1) is 6.61. The minimum Gasteiger partial charge on any atom is -0.496 e. The summed E-state index contributed by atoms with van der Waals surface area (Å²) in [6.07, 6.45) is 1.15. The van der Waals surface area contributed by atoms with Gasteiger partial charge in [-0.2, -0.15) is 0 Å². The van der Waals surface area contributed by atoms with Crippen LogP contribution in [0.3, 0.4) is 0 Å². The van der Waals surface area contributed by atoms with E-state index in [1.54, 1.807) is 0 Å². The maximum atomic E-state index is 13.1. The molecule has 1 aromatic rings. The van der Waals surface area contributed by atoms with Crippen molar-refractivity contribution in [2.75, 3.05) is 7.11 Å². The Kier molecular flexibility index (Phi) is 2.86. The molecule has 14 heavy (non-hydrogen) atoms. The summed E-state index contributed by atoms with van der Waals surface area (Å²) in [5.74, 6) is -1.75. The largest absolute Gasteiger partial charge is 0.496 e. The molecule has 3 nitrogen and oxygen atoms in total. The zero-order chi connectivity index (χ0) is 10.7. The fourth-order valence-electron chi connectivity index (χ4n) is 1.16. The summed E-state index contributed by atoms with van der Waals surface area (Å²) in [4.78, 5) is 10.8. The predicted molar refractivity (Wildman–Crippen MR) is 50.0 cm³/mol. The highest BCUT2D eigenvalue weighted by atomic mass is 19.1. The fraction of sp³-hybridized carbons (Fsp3) is 0.100. The van der Waals surface area contributed by atoms with Gasteiger partial charge < -0.3 is 9.84 Å². The number of carbonyl (C=O) groups is 1. The topological polar surface area (TPSA) is 46.5 Å². The highest BCUT2D eigenvalue weighted by Gasteiger charge is 2.17. The smallest absolute Gasteiger partial charge is 0.340 e. The molecule has 0 unspecified atom stereocenters. The van der Waals surface area contributed by atoms with E-state index < -0.39 is 11.8 Å². The van der Waals surface area contributed by atoms with Crippen molar-refractivity contribution in [1.82, 2.24) is 0 Å². The lowest BCUT2D eigenvalue weighted by Gasteiger charge is -2.08. The number of benzene rings is 1. The number of methoxy groups -OCH3 is 1. The molecule has 0 spiro atoms. The normalized spacial score (nSPS) is 9.57. The van der Waals surface area contributed by atoms with Gasteiger partial charge in [-0.05, 0) is 12.1 Å². The lowest BCUT2D eigenvalue weighted by molar-refractivity contribution is 0.0692. The minimum absolute atomic E-state index is 0.0585. The van der Waals surface area contributed by atoms with Crippen LogP contribution in [0.5, 0.6) is 5.75 Å². The van der Waals surface area contributed by atoms with E-state index in [1.807, 2.05) is 0 Å². The summed E-state index contributed by atoms with van der Waals surface area (Å²) in [6.45, 7) is 3.35. The number of rotatable bonds is 3. The van der Waals surface area contributed by atoms with Gasteiger partial charge in [0.1, 0.15) is 17.1 Å². The summed E-state index contributed by atoms with van der Waals surface area (Å²) < 4.78 is 17.9. The first-order valence-electron chi connectivity index (χ1n) is 3.84. The highest BCUT2D eigenvalue weighted by molar-refractivity contribution is 5.95. The average molecular weight is 196 g/mol. The van der Waals surface area contributed by atoms with Crippen LogP contribution in [0.15, 0.2) is 18.7 Å². The Hall–Kier alpha value is -1.84. The van der Waals surface area contributed by atoms with E-state index in [4.69, 9.17) is 9.84 Å². The Bertz CT molecular complexity index is 385. The number of carboxylic acids is 1. The molecule has 1 rings (SSSR count). The molecule has 0 bridgehead atoms. The van der Waals surface area contributed by atoms with Crippen LogP contribution in [0.2, 0.25) is 0 Å². The molecule has 0 amide bonds. The molecule has 0 aliphatic rings. The number of ether oxygens (including phenoxy) is 1. The van der Waals surface area contributed by atoms with Gasteiger partial charge in [-0.1, -0.05) is 12.7 Å². The molecule has 0 saturated carbocycles. The third kappa shape index (κ3) is 1.59. The van der Waals surface area contributed by atoms with Crippen molar-refractivity contribution in [3.8, 4) is 5.75 Å². The van der Waals surface area contributed by atoms with E-state index in [9.17, 15) is 9.18 Å². The van der Waals surface area contributed by atoms with E-state index in [-0.39, 0.29) is 16.9 Å². The molecule has 0 saturated heterocycles. The molecular formula is C10H9FO3. The van der Waals surface area contributed by atoms with Gasteiger partial charge in [0, 0.05) is 5.56 Å². The monoisotopic (exact) mass is 196 g/mol. The van der Waals surface area contributed by atoms with E-state index in [0.29, 0.717) is 0 Å². The molecule has 0 aliphatic carbocycles. The van der Waals surface area contributed by atoms with Crippen molar-refractivity contribution in [1.29, 1.82) is 0 Å². The number of aromatic carboxylic acids is 1. The first kappa shape index (κ1) is 10.2. The predicted octanol–water partition coefficient (Wildman–Crippen LogP) is 2.18. The van der Waals surface area contributed by atoms with Crippen molar-refractivity contribution in [3.63, 3.8) is 0 Å². The zero-order valence-corrected chi connectivity index (χ0v) is 7.58. The van der Waals surface area contributed by atoms with Crippen LogP contribution in [0.25, 0.3) is 6.08 Å². The van der Waals surface area contributed by atoms with Gasteiger partial charge >= 0.3 is 5.97 Å². The molecule has 1 aromatic carbocycles. The maximum absolute atomic E-state index is 13.1. The molecule has 0 fully saturated rings. The van der Waals surface area contributed by atoms with Gasteiger partial charge in [-0.15, -0.1) is 0 Å². The zero-order valence-electron chi connectivity index (χ0n) is 7.58. The van der Waals surface area contributed by atoms with Crippen molar-refractivity contribution in [2.24, 2.45) is 0 Å². The molecule has 0 aromatic heterocycles. The van der Waals surface area contributed by atoms with E-state index >= 15 is 0 Å². The van der Waals surface area contributed by atoms with Gasteiger partial charge in [0.2, 0.25) is 0 Å². The van der Waals surface area contributed by atoms with E-state index in [1.165, 1.54) is 13.2 Å². The van der Waals surface area contributed by atoms with Crippen LogP contribution in [-0.4, -0.2) is 18.2 Å². The molecule has 0 heterocycles. The Morgan fingerprint density at radius 3 is 2.71 bits per heavy atom. The summed E-state index contributed by atoms with van der Waals surface area (Å²) in [5, 5.41) is 8.84. The number of halogens is 1. The molecule has 0 radical (unpaired) electrons. The highest BCUT2D eigenvalue weighted by Crippen LogP contribution is 2.25. The maximum Gasteiger partial charge on any atom is 0.340 e. The minimum atomic E-state index is -1.24. The molecule has 74 valence electrons. The van der Waals surface area contributed by atoms with Crippen LogP contribution >= 0.6 is 0 Å². The van der Waals surface area contributed by atoms with Gasteiger partial charge in [0.05, 0.1) is 7.11 Å². The molecule has 4 heteroatoms. The third-order valence-electron chi connectivity index (χ3n) is 1.79. The average Bonchev–Trinajstić information content (AvgIpc) is 2.17. The van der Waals surface area contributed by atoms with Gasteiger partial charge in [-0.25, -0.2) is 9.18 Å². The SMILES string of the molecule is C=Cc1c(F)ccc(OC)c1C(=O)O. The molecular weight excluding hydrogens is 187 g/mol. The van der Waals surface area contributed by atoms with Gasteiger partial charge in [0.15, 0.2) is 0 Å². The Morgan fingerprint density at radius 1 is 1.64 bits per heavy atom. The van der Waals surface area contributed by atoms with Crippen LogP contribution < -0.4 is 4.74 Å². The Labute approximate surface area is 80.4 Å². The van der Waals surface area contributed by atoms with Gasteiger partial charge in [-0.3, -0.25) is 0 Å². The summed E-state index contributed by atoms with van der Waals surface area (Å²) in [5.41, 5.74) is -0.264. The second kappa shape index (κ2) is 3.91. The summed E-state index contributed by atoms with van der Waals surface area (Å²) in [7, 11) is 1.33. The second-order valence-corrected chi connectivity index (χ2v) is 2.55. The summed E-state index contributed by atoms with van der Waals surface area (Å²) in [6, 6.07) is 2.41. The molecule has 0 aliphatic heterocycles. The van der Waals surface area contributed by atoms with Crippen LogP contribution in [0.4, 0.5) is 4.39 Å². The van der Waals surface area contributed by atoms with Crippen LogP contribution in [-0.2, 0) is 0 Å². The van der Waals surface area contributed by atoms with Crippen molar-refractivity contribution < 1.29 is 19.0 Å². The lowest BCUT2D eigenvalue weighted by atomic mass is 10.1. The number of hydrogen-bond acceptors (Lipinski definition) is 2. The molecule has 0 atom stereocenters.